The van der Waals surface area contributed by atoms with Gasteiger partial charge in [0, 0.05) is 30.7 Å². The minimum atomic E-state index is 0.418. The van der Waals surface area contributed by atoms with Gasteiger partial charge in [0.25, 0.3) is 0 Å². The molecule has 4 aromatic rings. The Hall–Kier alpha value is -3.77. The molecule has 7 heteroatoms. The number of fused-ring (bicyclic) bond motifs is 1. The summed E-state index contributed by atoms with van der Waals surface area (Å²) in [5, 5.41) is 3.71. The molecule has 0 amide bonds. The summed E-state index contributed by atoms with van der Waals surface area (Å²) in [6.45, 7) is 2.04. The summed E-state index contributed by atoms with van der Waals surface area (Å²) >= 11 is 6.53. The molecule has 0 spiro atoms. The van der Waals surface area contributed by atoms with Crippen LogP contribution in [0.5, 0.6) is 11.6 Å². The Balaban J connectivity index is 1.45. The molecule has 152 valence electrons. The summed E-state index contributed by atoms with van der Waals surface area (Å²) in [6, 6.07) is 17.5. The van der Waals surface area contributed by atoms with E-state index in [0.29, 0.717) is 34.8 Å². The Morgan fingerprint density at radius 3 is 2.52 bits per heavy atom. The smallest absolute Gasteiger partial charge is 0.232 e. The van der Waals surface area contributed by atoms with Gasteiger partial charge in [0.2, 0.25) is 11.8 Å². The fourth-order valence-corrected chi connectivity index (χ4v) is 3.50. The second kappa shape index (κ2) is 8.16. The number of ether oxygens (including phenoxy) is 1. The number of halogens is 1. The van der Waals surface area contributed by atoms with Crippen LogP contribution in [0.3, 0.4) is 0 Å². The number of aryl methyl sites for hydroxylation is 1. The molecule has 1 aliphatic heterocycles. The van der Waals surface area contributed by atoms with Crippen LogP contribution in [0.1, 0.15) is 11.1 Å². The second-order valence-electron chi connectivity index (χ2n) is 7.14. The van der Waals surface area contributed by atoms with E-state index in [1.807, 2.05) is 61.5 Å². The average Bonchev–Trinajstić information content (AvgIpc) is 3.26. The normalized spacial score (nSPS) is 11.9. The number of nitrogens with zero attached hydrogens (tertiary/aromatic N) is 4. The van der Waals surface area contributed by atoms with E-state index in [1.165, 1.54) is 5.56 Å². The van der Waals surface area contributed by atoms with Crippen LogP contribution in [0.4, 0.5) is 17.5 Å². The Morgan fingerprint density at radius 2 is 1.74 bits per heavy atom. The van der Waals surface area contributed by atoms with Gasteiger partial charge in [-0.25, -0.2) is 4.99 Å². The lowest BCUT2D eigenvalue weighted by Gasteiger charge is -2.13. The van der Waals surface area contributed by atoms with Crippen molar-refractivity contribution in [2.24, 2.45) is 4.99 Å². The Labute approximate surface area is 184 Å². The van der Waals surface area contributed by atoms with Crippen molar-refractivity contribution >= 4 is 35.3 Å². The van der Waals surface area contributed by atoms with E-state index in [1.54, 1.807) is 18.6 Å². The van der Waals surface area contributed by atoms with Crippen LogP contribution in [0.15, 0.2) is 72.0 Å². The van der Waals surface area contributed by atoms with Gasteiger partial charge in [0.1, 0.15) is 5.75 Å². The number of pyridine rings is 1. The minimum absolute atomic E-state index is 0.418. The first kappa shape index (κ1) is 19.2. The first-order valence-corrected chi connectivity index (χ1v) is 10.2. The van der Waals surface area contributed by atoms with Crippen molar-refractivity contribution in [2.75, 3.05) is 5.32 Å². The lowest BCUT2D eigenvalue weighted by molar-refractivity contribution is 0.458. The number of hydrogen-bond donors (Lipinski definition) is 1. The zero-order chi connectivity index (χ0) is 21.2. The minimum Gasteiger partial charge on any atom is -0.437 e. The van der Waals surface area contributed by atoms with Gasteiger partial charge in [-0.15, -0.1) is 0 Å². The molecule has 1 aliphatic rings. The molecule has 0 atom stereocenters. The Morgan fingerprint density at radius 1 is 0.935 bits per heavy atom. The van der Waals surface area contributed by atoms with Crippen LogP contribution < -0.4 is 10.1 Å². The third-order valence-corrected chi connectivity index (χ3v) is 5.21. The maximum Gasteiger partial charge on any atom is 0.232 e. The van der Waals surface area contributed by atoms with Crippen LogP contribution in [0.25, 0.3) is 11.1 Å². The summed E-state index contributed by atoms with van der Waals surface area (Å²) in [6.07, 6.45) is 5.92. The molecule has 0 radical (unpaired) electrons. The van der Waals surface area contributed by atoms with Crippen molar-refractivity contribution < 1.29 is 4.74 Å². The highest BCUT2D eigenvalue weighted by molar-refractivity contribution is 6.32. The van der Waals surface area contributed by atoms with Crippen LogP contribution in [-0.2, 0) is 6.42 Å². The third-order valence-electron chi connectivity index (χ3n) is 4.92. The fourth-order valence-electron chi connectivity index (χ4n) is 3.28. The molecular weight excluding hydrogens is 410 g/mol. The van der Waals surface area contributed by atoms with E-state index in [-0.39, 0.29) is 0 Å². The number of hydrogen-bond acceptors (Lipinski definition) is 6. The number of nitrogens with one attached hydrogen (secondary N) is 1. The van der Waals surface area contributed by atoms with E-state index in [9.17, 15) is 0 Å². The first-order chi connectivity index (χ1) is 15.2. The van der Waals surface area contributed by atoms with E-state index in [2.05, 4.69) is 25.3 Å². The zero-order valence-corrected chi connectivity index (χ0v) is 17.5. The second-order valence-corrected chi connectivity index (χ2v) is 7.55. The van der Waals surface area contributed by atoms with Gasteiger partial charge >= 0.3 is 0 Å². The first-order valence-electron chi connectivity index (χ1n) is 9.81. The lowest BCUT2D eigenvalue weighted by Crippen LogP contribution is -2.02. The molecule has 0 fully saturated rings. The summed E-state index contributed by atoms with van der Waals surface area (Å²) in [5.41, 5.74) is 4.92. The Bertz CT molecular complexity index is 1270. The van der Waals surface area contributed by atoms with E-state index in [4.69, 9.17) is 16.3 Å². The van der Waals surface area contributed by atoms with Gasteiger partial charge in [0.05, 0.1) is 10.6 Å². The van der Waals surface area contributed by atoms with E-state index in [0.717, 1.165) is 22.4 Å². The molecule has 31 heavy (non-hydrogen) atoms. The van der Waals surface area contributed by atoms with Gasteiger partial charge in [-0.3, -0.25) is 4.98 Å². The standard InChI is InChI=1S/C24H18ClN5O/c1-15-2-5-18(6-3-15)28-24-29-22-19(10-13-27-22)23(30-24)31-21-7-4-17(14-20(21)25)16-8-11-26-12-9-16/h2-9,11-14H,10H2,1H3,(H,28,29,30). The fraction of sp³-hybridized carbons (Fsp3) is 0.0833. The number of anilines is 2. The summed E-state index contributed by atoms with van der Waals surface area (Å²) in [5.74, 6) is 1.98. The molecule has 0 saturated heterocycles. The van der Waals surface area contributed by atoms with E-state index >= 15 is 0 Å². The molecule has 0 bridgehead atoms. The molecule has 6 nitrogen and oxygen atoms in total. The monoisotopic (exact) mass is 427 g/mol. The molecule has 0 aliphatic carbocycles. The van der Waals surface area contributed by atoms with E-state index < -0.39 is 0 Å². The molecule has 1 N–H and O–H groups in total. The van der Waals surface area contributed by atoms with Crippen molar-refractivity contribution in [3.63, 3.8) is 0 Å². The number of aliphatic imine (C=N–C) groups is 1. The topological polar surface area (TPSA) is 72.3 Å². The highest BCUT2D eigenvalue weighted by Crippen LogP contribution is 2.37. The summed E-state index contributed by atoms with van der Waals surface area (Å²) in [7, 11) is 0. The third kappa shape index (κ3) is 4.11. The number of rotatable bonds is 5. The molecule has 2 aromatic carbocycles. The van der Waals surface area contributed by atoms with Gasteiger partial charge in [0.15, 0.2) is 5.82 Å². The summed E-state index contributed by atoms with van der Waals surface area (Å²) < 4.78 is 6.12. The van der Waals surface area contributed by atoms with Crippen LogP contribution in [0.2, 0.25) is 5.02 Å². The molecule has 2 aromatic heterocycles. The average molecular weight is 428 g/mol. The van der Waals surface area contributed by atoms with Gasteiger partial charge in [-0.1, -0.05) is 35.4 Å². The van der Waals surface area contributed by atoms with Crippen LogP contribution in [0, 0.1) is 6.92 Å². The van der Waals surface area contributed by atoms with Crippen LogP contribution in [-0.4, -0.2) is 21.2 Å². The molecular formula is C24H18ClN5O. The van der Waals surface area contributed by atoms with Crippen molar-refractivity contribution in [1.29, 1.82) is 0 Å². The molecule has 5 rings (SSSR count). The summed E-state index contributed by atoms with van der Waals surface area (Å²) in [4.78, 5) is 17.5. The number of aromatic nitrogens is 3. The van der Waals surface area contributed by atoms with Crippen molar-refractivity contribution in [3.05, 3.63) is 83.1 Å². The van der Waals surface area contributed by atoms with Crippen molar-refractivity contribution in [3.8, 4) is 22.8 Å². The Kier molecular flexibility index (Phi) is 5.06. The van der Waals surface area contributed by atoms with Gasteiger partial charge < -0.3 is 10.1 Å². The number of benzene rings is 2. The molecule has 0 unspecified atom stereocenters. The lowest BCUT2D eigenvalue weighted by atomic mass is 10.1. The largest absolute Gasteiger partial charge is 0.437 e. The quantitative estimate of drug-likeness (QED) is 0.405. The van der Waals surface area contributed by atoms with Crippen molar-refractivity contribution in [2.45, 2.75) is 13.3 Å². The zero-order valence-electron chi connectivity index (χ0n) is 16.7. The van der Waals surface area contributed by atoms with Crippen LogP contribution >= 0.6 is 11.6 Å². The maximum absolute atomic E-state index is 6.53. The predicted molar refractivity (Wildman–Crippen MR) is 123 cm³/mol. The van der Waals surface area contributed by atoms with Gasteiger partial charge in [-0.05, 0) is 54.4 Å². The van der Waals surface area contributed by atoms with Crippen molar-refractivity contribution in [1.82, 2.24) is 15.0 Å². The predicted octanol–water partition coefficient (Wildman–Crippen LogP) is 6.29. The maximum atomic E-state index is 6.53. The highest BCUT2D eigenvalue weighted by Gasteiger charge is 2.20. The molecule has 3 heterocycles. The SMILES string of the molecule is Cc1ccc(Nc2nc3c(c(Oc4ccc(-c5ccncc5)cc4Cl)n2)CC=N3)cc1. The molecule has 0 saturated carbocycles. The van der Waals surface area contributed by atoms with Gasteiger partial charge in [-0.2, -0.15) is 9.97 Å². The highest BCUT2D eigenvalue weighted by atomic mass is 35.5.